The lowest BCUT2D eigenvalue weighted by atomic mass is 10.3. The third kappa shape index (κ3) is 5.59. The Kier molecular flexibility index (Phi) is 6.79. The lowest BCUT2D eigenvalue weighted by Gasteiger charge is -2.36. The Balaban J connectivity index is 1.93. The number of sulfone groups is 1. The van der Waals surface area contributed by atoms with Gasteiger partial charge in [0.15, 0.2) is 5.96 Å². The van der Waals surface area contributed by atoms with E-state index in [4.69, 9.17) is 0 Å². The quantitative estimate of drug-likeness (QED) is 0.563. The van der Waals surface area contributed by atoms with Crippen LogP contribution in [0.3, 0.4) is 0 Å². The van der Waals surface area contributed by atoms with Crippen LogP contribution in [0.1, 0.15) is 19.7 Å². The number of hydrogen-bond donors (Lipinski definition) is 1. The summed E-state index contributed by atoms with van der Waals surface area (Å²) in [6, 6.07) is 0. The first kappa shape index (κ1) is 18.9. The molecule has 0 atom stereocenters. The SMILES string of the molecule is CCNC(=NCCS(C)(=O)=O)N1CCN(c2nc(CC)ns2)CC1. The number of hydrogen-bond acceptors (Lipinski definition) is 7. The Morgan fingerprint density at radius 3 is 2.54 bits per heavy atom. The number of nitrogens with one attached hydrogen (secondary N) is 1. The number of anilines is 1. The van der Waals surface area contributed by atoms with Crippen LogP contribution in [0.25, 0.3) is 0 Å². The van der Waals surface area contributed by atoms with Gasteiger partial charge in [-0.25, -0.2) is 13.4 Å². The lowest BCUT2D eigenvalue weighted by molar-refractivity contribution is 0.372. The summed E-state index contributed by atoms with van der Waals surface area (Å²) in [5.41, 5.74) is 0. The summed E-state index contributed by atoms with van der Waals surface area (Å²) in [5.74, 6) is 1.76. The molecule has 1 aliphatic heterocycles. The molecule has 0 saturated carbocycles. The summed E-state index contributed by atoms with van der Waals surface area (Å²) in [6.07, 6.45) is 2.09. The predicted molar refractivity (Wildman–Crippen MR) is 98.8 cm³/mol. The van der Waals surface area contributed by atoms with E-state index in [2.05, 4.69) is 36.4 Å². The van der Waals surface area contributed by atoms with Gasteiger partial charge in [0.25, 0.3) is 0 Å². The standard InChI is InChI=1S/C14H26N6O2S2/c1-4-12-17-14(23-18-12)20-9-7-19(8-10-20)13(15-5-2)16-6-11-24(3,21)22/h4-11H2,1-3H3,(H,15,16). The molecule has 1 saturated heterocycles. The predicted octanol–water partition coefficient (Wildman–Crippen LogP) is 0.233. The molecule has 2 rings (SSSR count). The molecule has 1 fully saturated rings. The van der Waals surface area contributed by atoms with Gasteiger partial charge in [-0.2, -0.15) is 4.37 Å². The van der Waals surface area contributed by atoms with Crippen LogP contribution in [-0.2, 0) is 16.3 Å². The van der Waals surface area contributed by atoms with Crippen molar-refractivity contribution in [3.63, 3.8) is 0 Å². The van der Waals surface area contributed by atoms with E-state index in [9.17, 15) is 8.42 Å². The molecule has 0 aliphatic carbocycles. The van der Waals surface area contributed by atoms with Crippen LogP contribution in [-0.4, -0.2) is 79.9 Å². The van der Waals surface area contributed by atoms with Crippen molar-refractivity contribution in [2.45, 2.75) is 20.3 Å². The summed E-state index contributed by atoms with van der Waals surface area (Å²) in [5, 5.41) is 4.22. The highest BCUT2D eigenvalue weighted by Crippen LogP contribution is 2.19. The molecule has 0 aromatic carbocycles. The molecule has 0 radical (unpaired) electrons. The van der Waals surface area contributed by atoms with E-state index in [0.717, 1.165) is 56.1 Å². The van der Waals surface area contributed by atoms with Gasteiger partial charge in [0.05, 0.1) is 12.3 Å². The van der Waals surface area contributed by atoms with Gasteiger partial charge in [-0.05, 0) is 6.92 Å². The maximum Gasteiger partial charge on any atom is 0.205 e. The van der Waals surface area contributed by atoms with Crippen molar-refractivity contribution in [3.05, 3.63) is 5.82 Å². The highest BCUT2D eigenvalue weighted by Gasteiger charge is 2.22. The van der Waals surface area contributed by atoms with E-state index in [-0.39, 0.29) is 12.3 Å². The van der Waals surface area contributed by atoms with Gasteiger partial charge in [-0.15, -0.1) is 0 Å². The molecule has 0 amide bonds. The minimum atomic E-state index is -2.99. The average Bonchev–Trinajstić information content (AvgIpc) is 3.02. The zero-order valence-corrected chi connectivity index (χ0v) is 16.2. The molecule has 10 heteroatoms. The van der Waals surface area contributed by atoms with E-state index < -0.39 is 9.84 Å². The van der Waals surface area contributed by atoms with Gasteiger partial charge in [-0.1, -0.05) is 6.92 Å². The van der Waals surface area contributed by atoms with Crippen molar-refractivity contribution in [3.8, 4) is 0 Å². The fourth-order valence-corrected chi connectivity index (χ4v) is 3.59. The van der Waals surface area contributed by atoms with Crippen molar-refractivity contribution in [2.24, 2.45) is 4.99 Å². The van der Waals surface area contributed by atoms with Crippen molar-refractivity contribution in [1.82, 2.24) is 19.6 Å². The number of guanidine groups is 1. The zero-order chi connectivity index (χ0) is 17.6. The van der Waals surface area contributed by atoms with Crippen molar-refractivity contribution in [2.75, 3.05) is 56.2 Å². The fraction of sp³-hybridized carbons (Fsp3) is 0.786. The van der Waals surface area contributed by atoms with Crippen LogP contribution in [0.15, 0.2) is 4.99 Å². The van der Waals surface area contributed by atoms with Gasteiger partial charge in [0.2, 0.25) is 5.13 Å². The Bertz CT molecular complexity index is 650. The summed E-state index contributed by atoms with van der Waals surface area (Å²) >= 11 is 1.45. The average molecular weight is 375 g/mol. The maximum absolute atomic E-state index is 11.3. The maximum atomic E-state index is 11.3. The molecule has 8 nitrogen and oxygen atoms in total. The molecule has 24 heavy (non-hydrogen) atoms. The molecule has 0 bridgehead atoms. The monoisotopic (exact) mass is 374 g/mol. The number of aliphatic imine (C=N–C) groups is 1. The molecule has 0 spiro atoms. The van der Waals surface area contributed by atoms with Crippen LogP contribution in [0.5, 0.6) is 0 Å². The Labute approximate surface area is 148 Å². The number of aromatic nitrogens is 2. The van der Waals surface area contributed by atoms with E-state index in [0.29, 0.717) is 0 Å². The zero-order valence-electron chi connectivity index (χ0n) is 14.5. The number of rotatable bonds is 6. The Morgan fingerprint density at radius 2 is 2.00 bits per heavy atom. The van der Waals surface area contributed by atoms with E-state index in [1.165, 1.54) is 17.8 Å². The first-order chi connectivity index (χ1) is 11.4. The molecule has 136 valence electrons. The number of aryl methyl sites for hydroxylation is 1. The first-order valence-corrected chi connectivity index (χ1v) is 11.0. The Hall–Kier alpha value is -1.42. The lowest BCUT2D eigenvalue weighted by Crippen LogP contribution is -2.52. The second-order valence-corrected chi connectivity index (χ2v) is 8.68. The number of piperazine rings is 1. The normalized spacial score (nSPS) is 16.5. The molecule has 1 aliphatic rings. The Morgan fingerprint density at radius 1 is 1.29 bits per heavy atom. The molecule has 0 unspecified atom stereocenters. The third-order valence-electron chi connectivity index (χ3n) is 3.68. The largest absolute Gasteiger partial charge is 0.357 e. The first-order valence-electron chi connectivity index (χ1n) is 8.21. The van der Waals surface area contributed by atoms with Gasteiger partial charge in [0.1, 0.15) is 15.7 Å². The smallest absolute Gasteiger partial charge is 0.205 e. The molecule has 1 N–H and O–H groups in total. The molecule has 1 aromatic rings. The molecule has 2 heterocycles. The topological polar surface area (TPSA) is 90.8 Å². The van der Waals surface area contributed by atoms with Crippen LogP contribution >= 0.6 is 11.5 Å². The molecule has 1 aromatic heterocycles. The summed E-state index contributed by atoms with van der Waals surface area (Å²) < 4.78 is 26.8. The summed E-state index contributed by atoms with van der Waals surface area (Å²) in [7, 11) is -2.99. The van der Waals surface area contributed by atoms with Crippen molar-refractivity contribution in [1.29, 1.82) is 0 Å². The van der Waals surface area contributed by atoms with Gasteiger partial charge >= 0.3 is 0 Å². The summed E-state index contributed by atoms with van der Waals surface area (Å²) in [4.78, 5) is 13.4. The fourth-order valence-electron chi connectivity index (χ4n) is 2.37. The van der Waals surface area contributed by atoms with E-state index >= 15 is 0 Å². The second-order valence-electron chi connectivity index (χ2n) is 5.69. The van der Waals surface area contributed by atoms with Crippen LogP contribution in [0.2, 0.25) is 0 Å². The van der Waals surface area contributed by atoms with Crippen molar-refractivity contribution >= 4 is 32.5 Å². The van der Waals surface area contributed by atoms with E-state index in [1.54, 1.807) is 0 Å². The highest BCUT2D eigenvalue weighted by molar-refractivity contribution is 7.90. The number of nitrogens with zero attached hydrogens (tertiary/aromatic N) is 5. The van der Waals surface area contributed by atoms with Crippen molar-refractivity contribution < 1.29 is 8.42 Å². The second kappa shape index (κ2) is 8.61. The summed E-state index contributed by atoms with van der Waals surface area (Å²) in [6.45, 7) is 8.47. The molecular formula is C14H26N6O2S2. The minimum Gasteiger partial charge on any atom is -0.357 e. The van der Waals surface area contributed by atoms with Crippen LogP contribution in [0, 0.1) is 0 Å². The van der Waals surface area contributed by atoms with Crippen LogP contribution in [0.4, 0.5) is 5.13 Å². The van der Waals surface area contributed by atoms with E-state index in [1.807, 2.05) is 6.92 Å². The highest BCUT2D eigenvalue weighted by atomic mass is 32.2. The van der Waals surface area contributed by atoms with Crippen LogP contribution < -0.4 is 10.2 Å². The third-order valence-corrected chi connectivity index (χ3v) is 5.42. The van der Waals surface area contributed by atoms with Gasteiger partial charge in [0, 0.05) is 56.9 Å². The molecular weight excluding hydrogens is 348 g/mol. The minimum absolute atomic E-state index is 0.0758. The van der Waals surface area contributed by atoms with Gasteiger partial charge in [-0.3, -0.25) is 4.99 Å². The van der Waals surface area contributed by atoms with Gasteiger partial charge < -0.3 is 15.1 Å².